The number of fused-ring (bicyclic) bond motifs is 1. The molecule has 1 aromatic carbocycles. The summed E-state index contributed by atoms with van der Waals surface area (Å²) in [5.41, 5.74) is 0.792. The Morgan fingerprint density at radius 3 is 2.56 bits per heavy atom. The van der Waals surface area contributed by atoms with Crippen LogP contribution in [-0.4, -0.2) is 60.9 Å². The third kappa shape index (κ3) is 4.51. The average molecular weight is 347 g/mol. The normalized spacial score (nSPS) is 17.4. The van der Waals surface area contributed by atoms with Crippen molar-refractivity contribution in [3.05, 3.63) is 29.8 Å². The molecule has 1 fully saturated rings. The van der Waals surface area contributed by atoms with Crippen molar-refractivity contribution in [2.45, 2.75) is 18.9 Å². The molecule has 0 spiro atoms. The molecule has 2 aliphatic rings. The first kappa shape index (κ1) is 17.3. The van der Waals surface area contributed by atoms with Crippen molar-refractivity contribution in [3.63, 3.8) is 0 Å². The number of benzene rings is 1. The maximum absolute atomic E-state index is 12.5. The van der Waals surface area contributed by atoms with Gasteiger partial charge in [-0.25, -0.2) is 0 Å². The third-order valence-corrected chi connectivity index (χ3v) is 4.20. The fourth-order valence-electron chi connectivity index (χ4n) is 2.96. The Labute approximate surface area is 145 Å². The van der Waals surface area contributed by atoms with Gasteiger partial charge in [0, 0.05) is 25.3 Å². The Kier molecular flexibility index (Phi) is 5.55. The first-order valence-corrected chi connectivity index (χ1v) is 8.31. The molecule has 1 N–H and O–H groups in total. The molecule has 2 heterocycles. The zero-order chi connectivity index (χ0) is 17.6. The van der Waals surface area contributed by atoms with Gasteiger partial charge in [0.1, 0.15) is 19.8 Å². The average Bonchev–Trinajstić information content (AvgIpc) is 2.64. The molecule has 25 heavy (non-hydrogen) atoms. The lowest BCUT2D eigenvalue weighted by Gasteiger charge is -2.32. The van der Waals surface area contributed by atoms with Crippen molar-refractivity contribution in [2.75, 3.05) is 33.0 Å². The summed E-state index contributed by atoms with van der Waals surface area (Å²) >= 11 is 0. The maximum atomic E-state index is 12.5. The second kappa shape index (κ2) is 8.02. The van der Waals surface area contributed by atoms with E-state index in [9.17, 15) is 9.59 Å². The van der Waals surface area contributed by atoms with Crippen LogP contribution in [-0.2, 0) is 14.3 Å². The number of carbonyl (C=O) groups excluding carboxylic acids is 1. The molecule has 134 valence electrons. The highest BCUT2D eigenvalue weighted by Crippen LogP contribution is 2.31. The number of hydrogen-bond acceptors (Lipinski definition) is 5. The first-order chi connectivity index (χ1) is 12.1. The van der Waals surface area contributed by atoms with Crippen LogP contribution in [0.1, 0.15) is 18.4 Å². The number of carboxylic acids is 1. The molecular formula is C18H21NO6. The summed E-state index contributed by atoms with van der Waals surface area (Å²) in [6.45, 7) is 1.79. The molecule has 1 saturated heterocycles. The van der Waals surface area contributed by atoms with Gasteiger partial charge in [-0.05, 0) is 36.6 Å². The molecule has 1 amide bonds. The maximum Gasteiger partial charge on any atom is 0.323 e. The summed E-state index contributed by atoms with van der Waals surface area (Å²) in [6.07, 6.45) is 4.37. The number of ether oxygens (including phenoxy) is 3. The molecule has 0 bridgehead atoms. The van der Waals surface area contributed by atoms with Crippen LogP contribution in [0.25, 0.3) is 6.08 Å². The van der Waals surface area contributed by atoms with Crippen molar-refractivity contribution in [3.8, 4) is 11.5 Å². The number of hydrogen-bond donors (Lipinski definition) is 1. The molecule has 0 aromatic heterocycles. The molecule has 0 saturated carbocycles. The fraction of sp³-hybridized carbons (Fsp3) is 0.444. The van der Waals surface area contributed by atoms with Gasteiger partial charge in [0.25, 0.3) is 0 Å². The highest BCUT2D eigenvalue weighted by atomic mass is 16.6. The molecular weight excluding hydrogens is 326 g/mol. The van der Waals surface area contributed by atoms with Gasteiger partial charge in [0.05, 0.1) is 0 Å². The minimum atomic E-state index is -1.02. The van der Waals surface area contributed by atoms with Crippen LogP contribution in [0.5, 0.6) is 11.5 Å². The van der Waals surface area contributed by atoms with Gasteiger partial charge in [-0.15, -0.1) is 0 Å². The number of rotatable bonds is 5. The van der Waals surface area contributed by atoms with Gasteiger partial charge >= 0.3 is 5.97 Å². The molecule has 0 radical (unpaired) electrons. The predicted octanol–water partition coefficient (Wildman–Crippen LogP) is 1.56. The van der Waals surface area contributed by atoms with Gasteiger partial charge in [-0.2, -0.15) is 0 Å². The van der Waals surface area contributed by atoms with E-state index in [1.54, 1.807) is 18.2 Å². The summed E-state index contributed by atoms with van der Waals surface area (Å²) in [5, 5.41) is 9.10. The largest absolute Gasteiger partial charge is 0.486 e. The Bertz CT molecular complexity index is 666. The number of aliphatic carboxylic acids is 1. The van der Waals surface area contributed by atoms with Crippen LogP contribution in [0.4, 0.5) is 0 Å². The van der Waals surface area contributed by atoms with Crippen LogP contribution in [0.2, 0.25) is 0 Å². The zero-order valence-corrected chi connectivity index (χ0v) is 13.8. The second-order valence-electron chi connectivity index (χ2n) is 5.94. The summed E-state index contributed by atoms with van der Waals surface area (Å²) < 4.78 is 16.3. The smallest absolute Gasteiger partial charge is 0.323 e. The fourth-order valence-corrected chi connectivity index (χ4v) is 2.96. The Hall–Kier alpha value is -2.54. The highest BCUT2D eigenvalue weighted by molar-refractivity contribution is 5.93. The number of nitrogens with zero attached hydrogens (tertiary/aromatic N) is 1. The van der Waals surface area contributed by atoms with Gasteiger partial charge in [-0.3, -0.25) is 9.59 Å². The van der Waals surface area contributed by atoms with E-state index in [0.29, 0.717) is 50.8 Å². The van der Waals surface area contributed by atoms with E-state index in [-0.39, 0.29) is 18.5 Å². The lowest BCUT2D eigenvalue weighted by Crippen LogP contribution is -2.45. The SMILES string of the molecule is O=C(O)CN(C(=O)C=Cc1ccc2c(c1)OCCO2)C1CCOCC1. The van der Waals surface area contributed by atoms with Gasteiger partial charge in [0.2, 0.25) is 5.91 Å². The van der Waals surface area contributed by atoms with Crippen LogP contribution in [0.15, 0.2) is 24.3 Å². The summed E-state index contributed by atoms with van der Waals surface area (Å²) in [5.74, 6) is -0.00568. The standard InChI is InChI=1S/C18H21NO6/c20-17(19(12-18(21)22)14-5-7-23-8-6-14)4-2-13-1-3-15-16(11-13)25-10-9-24-15/h1-4,11,14H,5-10,12H2,(H,21,22). The molecule has 0 aliphatic carbocycles. The van der Waals surface area contributed by atoms with Crippen molar-refractivity contribution in [1.29, 1.82) is 0 Å². The topological polar surface area (TPSA) is 85.3 Å². The van der Waals surface area contributed by atoms with Crippen LogP contribution < -0.4 is 9.47 Å². The molecule has 7 nitrogen and oxygen atoms in total. The highest BCUT2D eigenvalue weighted by Gasteiger charge is 2.26. The summed E-state index contributed by atoms with van der Waals surface area (Å²) in [7, 11) is 0. The van der Waals surface area contributed by atoms with Gasteiger partial charge in [-0.1, -0.05) is 6.07 Å². The van der Waals surface area contributed by atoms with Crippen molar-refractivity contribution in [2.24, 2.45) is 0 Å². The van der Waals surface area contributed by atoms with E-state index in [0.717, 1.165) is 5.56 Å². The molecule has 7 heteroatoms. The Morgan fingerprint density at radius 2 is 1.84 bits per heavy atom. The van der Waals surface area contributed by atoms with Crippen molar-refractivity contribution in [1.82, 2.24) is 4.90 Å². The number of carboxylic acid groups (broad SMARTS) is 1. The van der Waals surface area contributed by atoms with E-state index in [1.165, 1.54) is 11.0 Å². The zero-order valence-electron chi connectivity index (χ0n) is 13.8. The predicted molar refractivity (Wildman–Crippen MR) is 89.7 cm³/mol. The van der Waals surface area contributed by atoms with E-state index < -0.39 is 5.97 Å². The van der Waals surface area contributed by atoms with Crippen LogP contribution in [0, 0.1) is 0 Å². The first-order valence-electron chi connectivity index (χ1n) is 8.31. The molecule has 0 atom stereocenters. The van der Waals surface area contributed by atoms with E-state index in [4.69, 9.17) is 19.3 Å². The van der Waals surface area contributed by atoms with E-state index in [2.05, 4.69) is 0 Å². The summed E-state index contributed by atoms with van der Waals surface area (Å²) in [4.78, 5) is 25.0. The molecule has 3 rings (SSSR count). The Balaban J connectivity index is 1.71. The van der Waals surface area contributed by atoms with Crippen molar-refractivity contribution < 1.29 is 28.9 Å². The minimum Gasteiger partial charge on any atom is -0.486 e. The summed E-state index contributed by atoms with van der Waals surface area (Å²) in [6, 6.07) is 5.32. The van der Waals surface area contributed by atoms with Crippen molar-refractivity contribution >= 4 is 18.0 Å². The molecule has 0 unspecified atom stereocenters. The lowest BCUT2D eigenvalue weighted by atomic mass is 10.1. The Morgan fingerprint density at radius 1 is 1.12 bits per heavy atom. The van der Waals surface area contributed by atoms with Crippen LogP contribution >= 0.6 is 0 Å². The van der Waals surface area contributed by atoms with Crippen LogP contribution in [0.3, 0.4) is 0 Å². The quantitative estimate of drug-likeness (QED) is 0.814. The third-order valence-electron chi connectivity index (χ3n) is 4.20. The van der Waals surface area contributed by atoms with E-state index in [1.807, 2.05) is 6.07 Å². The van der Waals surface area contributed by atoms with Gasteiger partial charge < -0.3 is 24.2 Å². The van der Waals surface area contributed by atoms with Gasteiger partial charge in [0.15, 0.2) is 11.5 Å². The minimum absolute atomic E-state index is 0.109. The number of amides is 1. The lowest BCUT2D eigenvalue weighted by molar-refractivity contribution is -0.145. The molecule has 1 aromatic rings. The second-order valence-corrected chi connectivity index (χ2v) is 5.94. The van der Waals surface area contributed by atoms with E-state index >= 15 is 0 Å². The monoisotopic (exact) mass is 347 g/mol. The molecule has 2 aliphatic heterocycles. The number of carbonyl (C=O) groups is 2.